The summed E-state index contributed by atoms with van der Waals surface area (Å²) in [6.45, 7) is 0.346. The average Bonchev–Trinajstić information content (AvgIpc) is 3.38. The molecule has 4 rings (SSSR count). The minimum Gasteiger partial charge on any atom is -0.348 e. The Morgan fingerprint density at radius 3 is 2.83 bits per heavy atom. The lowest BCUT2D eigenvalue weighted by molar-refractivity contribution is 0.0947. The van der Waals surface area contributed by atoms with Gasteiger partial charge >= 0.3 is 0 Å². The summed E-state index contributed by atoms with van der Waals surface area (Å²) in [4.78, 5) is 16.8. The first kappa shape index (κ1) is 14.9. The topological polar surface area (TPSA) is 46.9 Å². The molecule has 1 fully saturated rings. The highest BCUT2D eigenvalue weighted by Crippen LogP contribution is 2.40. The van der Waals surface area contributed by atoms with Crippen LogP contribution in [0.15, 0.2) is 42.5 Å². The Hall–Kier alpha value is -2.69. The number of nitrogens with one attached hydrogen (secondary N) is 1. The zero-order valence-electron chi connectivity index (χ0n) is 13.4. The van der Waals surface area contributed by atoms with Gasteiger partial charge in [0, 0.05) is 19.5 Å². The largest absolute Gasteiger partial charge is 0.348 e. The first-order valence-electron chi connectivity index (χ1n) is 8.11. The average molecular weight is 323 g/mol. The molecule has 1 aromatic heterocycles. The third-order valence-electron chi connectivity index (χ3n) is 4.49. The molecular weight excluding hydrogens is 305 g/mol. The third kappa shape index (κ3) is 2.66. The molecule has 122 valence electrons. The Morgan fingerprint density at radius 2 is 2.08 bits per heavy atom. The van der Waals surface area contributed by atoms with Gasteiger partial charge in [-0.15, -0.1) is 0 Å². The van der Waals surface area contributed by atoms with Gasteiger partial charge in [-0.25, -0.2) is 9.37 Å². The number of aryl methyl sites for hydroxylation is 1. The number of imidazole rings is 1. The van der Waals surface area contributed by atoms with Crippen LogP contribution in [-0.2, 0) is 13.6 Å². The van der Waals surface area contributed by atoms with Crippen LogP contribution in [0, 0.1) is 5.82 Å². The van der Waals surface area contributed by atoms with Crippen molar-refractivity contribution in [1.82, 2.24) is 14.9 Å². The summed E-state index contributed by atoms with van der Waals surface area (Å²) in [7, 11) is 2.04. The van der Waals surface area contributed by atoms with Crippen LogP contribution in [0.5, 0.6) is 0 Å². The fourth-order valence-electron chi connectivity index (χ4n) is 3.00. The number of carbonyl (C=O) groups is 1. The van der Waals surface area contributed by atoms with Crippen LogP contribution in [-0.4, -0.2) is 15.5 Å². The van der Waals surface area contributed by atoms with E-state index in [1.807, 2.05) is 25.2 Å². The second kappa shape index (κ2) is 5.74. The predicted molar refractivity (Wildman–Crippen MR) is 90.3 cm³/mol. The maximum absolute atomic E-state index is 13.6. The van der Waals surface area contributed by atoms with Crippen LogP contribution in [0.1, 0.15) is 40.5 Å². The summed E-state index contributed by atoms with van der Waals surface area (Å²) >= 11 is 0. The quantitative estimate of drug-likeness (QED) is 0.798. The lowest BCUT2D eigenvalue weighted by atomic mass is 10.1. The molecule has 1 heterocycles. The van der Waals surface area contributed by atoms with Crippen molar-refractivity contribution in [1.29, 1.82) is 0 Å². The number of benzene rings is 2. The Labute approximate surface area is 139 Å². The number of rotatable bonds is 4. The van der Waals surface area contributed by atoms with Crippen LogP contribution in [0.3, 0.4) is 0 Å². The van der Waals surface area contributed by atoms with Crippen LogP contribution >= 0.6 is 0 Å². The third-order valence-corrected chi connectivity index (χ3v) is 4.49. The second-order valence-electron chi connectivity index (χ2n) is 6.29. The Morgan fingerprint density at radius 1 is 1.29 bits per heavy atom. The lowest BCUT2D eigenvalue weighted by Gasteiger charge is -2.06. The summed E-state index contributed by atoms with van der Waals surface area (Å²) in [6.07, 6.45) is 2.42. The molecule has 0 radical (unpaired) electrons. The molecule has 4 nitrogen and oxygen atoms in total. The van der Waals surface area contributed by atoms with Gasteiger partial charge in [0.05, 0.1) is 16.6 Å². The molecular formula is C19H18FN3O. The summed E-state index contributed by atoms with van der Waals surface area (Å²) < 4.78 is 15.8. The Kier molecular flexibility index (Phi) is 3.56. The molecule has 1 N–H and O–H groups in total. The fourth-order valence-corrected chi connectivity index (χ4v) is 3.00. The highest BCUT2D eigenvalue weighted by atomic mass is 19.1. The van der Waals surface area contributed by atoms with Crippen molar-refractivity contribution in [3.63, 3.8) is 0 Å². The van der Waals surface area contributed by atoms with Crippen molar-refractivity contribution < 1.29 is 9.18 Å². The zero-order chi connectivity index (χ0) is 16.7. The molecule has 2 aromatic carbocycles. The van der Waals surface area contributed by atoms with E-state index in [1.165, 1.54) is 25.0 Å². The Balaban J connectivity index is 1.52. The number of hydrogen-bond donors (Lipinski definition) is 1. The van der Waals surface area contributed by atoms with Gasteiger partial charge in [0.25, 0.3) is 5.91 Å². The molecule has 0 aliphatic heterocycles. The molecule has 3 aromatic rings. The maximum atomic E-state index is 13.6. The van der Waals surface area contributed by atoms with E-state index in [1.54, 1.807) is 12.1 Å². The standard InChI is InChI=1S/C19H18FN3O/c1-23-17-9-6-12(10-16(17)22-18(23)13-7-8-13)11-21-19(24)14-4-2-3-5-15(14)20/h2-6,9-10,13H,7-8,11H2,1H3,(H,21,24). The minimum atomic E-state index is -0.510. The van der Waals surface area contributed by atoms with Crippen LogP contribution in [0.2, 0.25) is 0 Å². The van der Waals surface area contributed by atoms with Crippen LogP contribution < -0.4 is 5.32 Å². The number of fused-ring (bicyclic) bond motifs is 1. The van der Waals surface area contributed by atoms with Gasteiger partial charge in [-0.05, 0) is 42.7 Å². The molecule has 0 bridgehead atoms. The van der Waals surface area contributed by atoms with Gasteiger partial charge in [0.1, 0.15) is 11.6 Å². The first-order valence-corrected chi connectivity index (χ1v) is 8.11. The van der Waals surface area contributed by atoms with Crippen molar-refractivity contribution in [2.45, 2.75) is 25.3 Å². The van der Waals surface area contributed by atoms with Crippen LogP contribution in [0.4, 0.5) is 4.39 Å². The van der Waals surface area contributed by atoms with Gasteiger partial charge in [0.2, 0.25) is 0 Å². The van der Waals surface area contributed by atoms with Crippen molar-refractivity contribution in [3.05, 3.63) is 65.2 Å². The van der Waals surface area contributed by atoms with E-state index in [4.69, 9.17) is 4.98 Å². The zero-order valence-corrected chi connectivity index (χ0v) is 13.4. The molecule has 1 aliphatic carbocycles. The van der Waals surface area contributed by atoms with Crippen molar-refractivity contribution in [3.8, 4) is 0 Å². The van der Waals surface area contributed by atoms with E-state index in [2.05, 4.69) is 9.88 Å². The summed E-state index contributed by atoms with van der Waals surface area (Å²) in [5.41, 5.74) is 3.05. The molecule has 1 aliphatic rings. The highest BCUT2D eigenvalue weighted by Gasteiger charge is 2.28. The number of carbonyl (C=O) groups excluding carboxylic acids is 1. The van der Waals surface area contributed by atoms with Crippen molar-refractivity contribution >= 4 is 16.9 Å². The fraction of sp³-hybridized carbons (Fsp3) is 0.263. The SMILES string of the molecule is Cn1c(C2CC2)nc2cc(CNC(=O)c3ccccc3F)ccc21. The molecule has 1 saturated carbocycles. The molecule has 0 spiro atoms. The first-order chi connectivity index (χ1) is 11.6. The molecule has 24 heavy (non-hydrogen) atoms. The van der Waals surface area contributed by atoms with Gasteiger partial charge < -0.3 is 9.88 Å². The normalized spacial score (nSPS) is 14.1. The monoisotopic (exact) mass is 323 g/mol. The van der Waals surface area contributed by atoms with Crippen molar-refractivity contribution in [2.24, 2.45) is 7.05 Å². The smallest absolute Gasteiger partial charge is 0.254 e. The lowest BCUT2D eigenvalue weighted by Crippen LogP contribution is -2.23. The number of hydrogen-bond acceptors (Lipinski definition) is 2. The van der Waals surface area contributed by atoms with Crippen LogP contribution in [0.25, 0.3) is 11.0 Å². The number of aromatic nitrogens is 2. The number of amides is 1. The predicted octanol–water partition coefficient (Wildman–Crippen LogP) is 3.52. The summed E-state index contributed by atoms with van der Waals surface area (Å²) in [6, 6.07) is 12.0. The minimum absolute atomic E-state index is 0.0624. The number of halogens is 1. The van der Waals surface area contributed by atoms with E-state index >= 15 is 0 Å². The van der Waals surface area contributed by atoms with Gasteiger partial charge in [-0.2, -0.15) is 0 Å². The molecule has 0 unspecified atom stereocenters. The molecule has 1 amide bonds. The molecule has 0 atom stereocenters. The number of nitrogens with zero attached hydrogens (tertiary/aromatic N) is 2. The maximum Gasteiger partial charge on any atom is 0.254 e. The van der Waals surface area contributed by atoms with E-state index in [0.717, 1.165) is 22.4 Å². The second-order valence-corrected chi connectivity index (χ2v) is 6.29. The van der Waals surface area contributed by atoms with E-state index in [-0.39, 0.29) is 5.56 Å². The van der Waals surface area contributed by atoms with Gasteiger partial charge in [0.15, 0.2) is 0 Å². The van der Waals surface area contributed by atoms with E-state index < -0.39 is 11.7 Å². The van der Waals surface area contributed by atoms with Gasteiger partial charge in [-0.1, -0.05) is 18.2 Å². The van der Waals surface area contributed by atoms with E-state index in [9.17, 15) is 9.18 Å². The summed E-state index contributed by atoms with van der Waals surface area (Å²) in [5.74, 6) is 0.807. The van der Waals surface area contributed by atoms with Gasteiger partial charge in [-0.3, -0.25) is 4.79 Å². The highest BCUT2D eigenvalue weighted by molar-refractivity contribution is 5.94. The Bertz CT molecular complexity index is 928. The molecule has 0 saturated heterocycles. The summed E-state index contributed by atoms with van der Waals surface area (Å²) in [5, 5.41) is 2.76. The molecule has 5 heteroatoms. The van der Waals surface area contributed by atoms with E-state index in [0.29, 0.717) is 12.5 Å². The van der Waals surface area contributed by atoms with Crippen molar-refractivity contribution in [2.75, 3.05) is 0 Å².